The maximum absolute atomic E-state index is 9.71. The van der Waals surface area contributed by atoms with Crippen LogP contribution in [0.4, 0.5) is 0 Å². The molecule has 2 aromatic heterocycles. The molecule has 0 amide bonds. The lowest BCUT2D eigenvalue weighted by Gasteiger charge is -2.05. The number of nitrogens with zero attached hydrogens (tertiary/aromatic N) is 3. The smallest absolute Gasteiger partial charge is 0.111 e. The topological polar surface area (TPSA) is 74.7 Å². The van der Waals surface area contributed by atoms with E-state index < -0.39 is 6.10 Å². The number of hydrogen-bond donors (Lipinski definition) is 2. The van der Waals surface area contributed by atoms with Gasteiger partial charge in [0.05, 0.1) is 6.20 Å². The molecular weight excluding hydrogens is 180 g/mol. The maximum Gasteiger partial charge on any atom is 0.111 e. The van der Waals surface area contributed by atoms with Crippen molar-refractivity contribution in [3.05, 3.63) is 42.0 Å². The van der Waals surface area contributed by atoms with Crippen LogP contribution in [0.3, 0.4) is 0 Å². The zero-order valence-corrected chi connectivity index (χ0v) is 7.46. The summed E-state index contributed by atoms with van der Waals surface area (Å²) >= 11 is 0. The third kappa shape index (κ3) is 1.94. The van der Waals surface area contributed by atoms with Gasteiger partial charge in [-0.25, -0.2) is 0 Å². The molecule has 0 radical (unpaired) electrons. The van der Waals surface area contributed by atoms with Gasteiger partial charge in [0.25, 0.3) is 0 Å². The number of H-pyrrole nitrogens is 1. The molecule has 2 heterocycles. The van der Waals surface area contributed by atoms with Crippen molar-refractivity contribution in [3.8, 4) is 0 Å². The number of aromatic amines is 1. The Labute approximate surface area is 80.8 Å². The van der Waals surface area contributed by atoms with Crippen LogP contribution in [-0.4, -0.2) is 25.5 Å². The summed E-state index contributed by atoms with van der Waals surface area (Å²) in [6.07, 6.45) is 4.81. The molecule has 0 spiro atoms. The quantitative estimate of drug-likeness (QED) is 0.738. The van der Waals surface area contributed by atoms with Crippen molar-refractivity contribution in [2.24, 2.45) is 0 Å². The van der Waals surface area contributed by atoms with Gasteiger partial charge in [-0.2, -0.15) is 15.4 Å². The summed E-state index contributed by atoms with van der Waals surface area (Å²) in [5, 5.41) is 19.6. The SMILES string of the molecule is OC(Cc1cccnc1)c1cn[nH]n1. The minimum atomic E-state index is -0.627. The predicted octanol–water partition coefficient (Wildman–Crippen LogP) is 0.476. The van der Waals surface area contributed by atoms with E-state index in [9.17, 15) is 5.11 Å². The predicted molar refractivity (Wildman–Crippen MR) is 49.3 cm³/mol. The molecule has 0 aromatic carbocycles. The first-order valence-corrected chi connectivity index (χ1v) is 4.29. The molecule has 0 saturated heterocycles. The van der Waals surface area contributed by atoms with Crippen LogP contribution < -0.4 is 0 Å². The van der Waals surface area contributed by atoms with E-state index in [1.165, 1.54) is 6.20 Å². The molecular formula is C9H10N4O. The average Bonchev–Trinajstić information content (AvgIpc) is 2.72. The summed E-state index contributed by atoms with van der Waals surface area (Å²) in [7, 11) is 0. The highest BCUT2D eigenvalue weighted by Gasteiger charge is 2.10. The number of aromatic nitrogens is 4. The summed E-state index contributed by atoms with van der Waals surface area (Å²) in [6, 6.07) is 3.75. The average molecular weight is 190 g/mol. The molecule has 1 atom stereocenters. The van der Waals surface area contributed by atoms with Crippen molar-refractivity contribution in [3.63, 3.8) is 0 Å². The van der Waals surface area contributed by atoms with Gasteiger partial charge < -0.3 is 5.11 Å². The molecule has 1 unspecified atom stereocenters. The van der Waals surface area contributed by atoms with Gasteiger partial charge in [-0.1, -0.05) is 6.07 Å². The van der Waals surface area contributed by atoms with Crippen molar-refractivity contribution < 1.29 is 5.11 Å². The van der Waals surface area contributed by atoms with Crippen molar-refractivity contribution >= 4 is 0 Å². The normalized spacial score (nSPS) is 12.6. The second-order valence-corrected chi connectivity index (χ2v) is 2.98. The number of pyridine rings is 1. The van der Waals surface area contributed by atoms with E-state index in [0.29, 0.717) is 12.1 Å². The van der Waals surface area contributed by atoms with Crippen molar-refractivity contribution in [2.75, 3.05) is 0 Å². The van der Waals surface area contributed by atoms with E-state index in [1.807, 2.05) is 12.1 Å². The molecule has 5 heteroatoms. The van der Waals surface area contributed by atoms with Crippen molar-refractivity contribution in [1.82, 2.24) is 20.4 Å². The Hall–Kier alpha value is -1.75. The molecule has 0 aliphatic carbocycles. The zero-order valence-electron chi connectivity index (χ0n) is 7.46. The molecule has 72 valence electrons. The number of aliphatic hydroxyl groups excluding tert-OH is 1. The van der Waals surface area contributed by atoms with Gasteiger partial charge in [-0.3, -0.25) is 4.98 Å². The van der Waals surface area contributed by atoms with Crippen LogP contribution in [0, 0.1) is 0 Å². The Morgan fingerprint density at radius 3 is 3.00 bits per heavy atom. The van der Waals surface area contributed by atoms with Crippen LogP contribution in [0.2, 0.25) is 0 Å². The van der Waals surface area contributed by atoms with Crippen molar-refractivity contribution in [1.29, 1.82) is 0 Å². The molecule has 0 aliphatic rings. The first-order chi connectivity index (χ1) is 6.86. The number of aliphatic hydroxyl groups is 1. The molecule has 0 bridgehead atoms. The van der Waals surface area contributed by atoms with Crippen LogP contribution in [0.25, 0.3) is 0 Å². The Balaban J connectivity index is 2.06. The molecule has 5 nitrogen and oxygen atoms in total. The minimum absolute atomic E-state index is 0.500. The summed E-state index contributed by atoms with van der Waals surface area (Å²) in [5.74, 6) is 0. The van der Waals surface area contributed by atoms with E-state index >= 15 is 0 Å². The lowest BCUT2D eigenvalue weighted by molar-refractivity contribution is 0.173. The van der Waals surface area contributed by atoms with E-state index in [-0.39, 0.29) is 0 Å². The first-order valence-electron chi connectivity index (χ1n) is 4.29. The largest absolute Gasteiger partial charge is 0.386 e. The maximum atomic E-state index is 9.71. The van der Waals surface area contributed by atoms with Gasteiger partial charge in [-0.15, -0.1) is 0 Å². The van der Waals surface area contributed by atoms with E-state index in [4.69, 9.17) is 0 Å². The standard InChI is InChI=1S/C9H10N4O/c14-9(8-6-11-13-12-8)4-7-2-1-3-10-5-7/h1-3,5-6,9,14H,4H2,(H,11,12,13). The monoisotopic (exact) mass is 190 g/mol. The fourth-order valence-corrected chi connectivity index (χ4v) is 1.22. The number of rotatable bonds is 3. The molecule has 14 heavy (non-hydrogen) atoms. The number of nitrogens with one attached hydrogen (secondary N) is 1. The fraction of sp³-hybridized carbons (Fsp3) is 0.222. The van der Waals surface area contributed by atoms with Crippen LogP contribution in [-0.2, 0) is 6.42 Å². The summed E-state index contributed by atoms with van der Waals surface area (Å²) in [4.78, 5) is 3.96. The van der Waals surface area contributed by atoms with Crippen LogP contribution in [0.15, 0.2) is 30.7 Å². The highest BCUT2D eigenvalue weighted by Crippen LogP contribution is 2.13. The van der Waals surface area contributed by atoms with Gasteiger partial charge >= 0.3 is 0 Å². The lowest BCUT2D eigenvalue weighted by Crippen LogP contribution is -2.02. The van der Waals surface area contributed by atoms with Gasteiger partial charge in [0.1, 0.15) is 11.8 Å². The van der Waals surface area contributed by atoms with Crippen LogP contribution >= 0.6 is 0 Å². The molecule has 0 aliphatic heterocycles. The molecule has 0 saturated carbocycles. The molecule has 2 rings (SSSR count). The fourth-order valence-electron chi connectivity index (χ4n) is 1.22. The van der Waals surface area contributed by atoms with Gasteiger partial charge in [0, 0.05) is 18.8 Å². The number of hydrogen-bond acceptors (Lipinski definition) is 4. The van der Waals surface area contributed by atoms with Gasteiger partial charge in [0.15, 0.2) is 0 Å². The second-order valence-electron chi connectivity index (χ2n) is 2.98. The van der Waals surface area contributed by atoms with Crippen molar-refractivity contribution in [2.45, 2.75) is 12.5 Å². The summed E-state index contributed by atoms with van der Waals surface area (Å²) in [5.41, 5.74) is 1.52. The van der Waals surface area contributed by atoms with Gasteiger partial charge in [0.2, 0.25) is 0 Å². The highest BCUT2D eigenvalue weighted by molar-refractivity contribution is 5.12. The van der Waals surface area contributed by atoms with Crippen LogP contribution in [0.5, 0.6) is 0 Å². The minimum Gasteiger partial charge on any atom is -0.386 e. The Morgan fingerprint density at radius 2 is 2.36 bits per heavy atom. The highest BCUT2D eigenvalue weighted by atomic mass is 16.3. The Kier molecular flexibility index (Phi) is 2.51. The van der Waals surface area contributed by atoms with E-state index in [1.54, 1.807) is 12.4 Å². The molecule has 2 N–H and O–H groups in total. The molecule has 0 fully saturated rings. The van der Waals surface area contributed by atoms with Crippen LogP contribution in [0.1, 0.15) is 17.4 Å². The Morgan fingerprint density at radius 1 is 1.43 bits per heavy atom. The van der Waals surface area contributed by atoms with E-state index in [0.717, 1.165) is 5.56 Å². The van der Waals surface area contributed by atoms with Gasteiger partial charge in [-0.05, 0) is 11.6 Å². The summed E-state index contributed by atoms with van der Waals surface area (Å²) < 4.78 is 0. The molecule has 2 aromatic rings. The third-order valence-corrected chi connectivity index (χ3v) is 1.93. The summed E-state index contributed by atoms with van der Waals surface area (Å²) in [6.45, 7) is 0. The Bertz CT molecular complexity index is 373. The van der Waals surface area contributed by atoms with E-state index in [2.05, 4.69) is 20.4 Å². The second kappa shape index (κ2) is 3.97. The zero-order chi connectivity index (χ0) is 9.80. The lowest BCUT2D eigenvalue weighted by atomic mass is 10.1. The first kappa shape index (κ1) is 8.83. The third-order valence-electron chi connectivity index (χ3n) is 1.93.